The molecule has 4 nitrogen and oxygen atoms in total. The van der Waals surface area contributed by atoms with Crippen LogP contribution in [-0.4, -0.2) is 11.4 Å². The highest BCUT2D eigenvalue weighted by Crippen LogP contribution is 2.42. The Morgan fingerprint density at radius 3 is 2.64 bits per heavy atom. The van der Waals surface area contributed by atoms with Crippen LogP contribution >= 0.6 is 0 Å². The highest BCUT2D eigenvalue weighted by molar-refractivity contribution is 5.79. The van der Waals surface area contributed by atoms with Gasteiger partial charge in [0.25, 0.3) is 0 Å². The summed E-state index contributed by atoms with van der Waals surface area (Å²) in [5.41, 5.74) is 3.31. The molecule has 0 saturated carbocycles. The molecular formula is C21H17NO3. The third-order valence-corrected chi connectivity index (χ3v) is 4.35. The van der Waals surface area contributed by atoms with E-state index in [2.05, 4.69) is 17.0 Å². The van der Waals surface area contributed by atoms with Crippen LogP contribution in [0.4, 0.5) is 5.69 Å². The van der Waals surface area contributed by atoms with E-state index >= 15 is 0 Å². The minimum Gasteiger partial charge on any atom is -0.507 e. The lowest BCUT2D eigenvalue weighted by atomic mass is 10.1. The van der Waals surface area contributed by atoms with Crippen molar-refractivity contribution in [2.75, 3.05) is 4.90 Å². The van der Waals surface area contributed by atoms with Gasteiger partial charge in [-0.15, -0.1) is 0 Å². The maximum atomic E-state index is 11.2. The number of aromatic hydroxyl groups is 1. The highest BCUT2D eigenvalue weighted by atomic mass is 16.5. The molecule has 0 aromatic heterocycles. The zero-order valence-electron chi connectivity index (χ0n) is 13.6. The summed E-state index contributed by atoms with van der Waals surface area (Å²) in [5.74, 6) is 1.51. The number of phenols is 1. The van der Waals surface area contributed by atoms with Gasteiger partial charge in [-0.3, -0.25) is 4.79 Å². The number of hydrogen-bond acceptors (Lipinski definition) is 4. The van der Waals surface area contributed by atoms with Crippen molar-refractivity contribution in [3.05, 3.63) is 83.4 Å². The third kappa shape index (κ3) is 2.94. The summed E-state index contributed by atoms with van der Waals surface area (Å²) < 4.78 is 6.03. The minimum absolute atomic E-state index is 0.207. The molecule has 0 aliphatic carbocycles. The first-order valence-corrected chi connectivity index (χ1v) is 8.11. The lowest BCUT2D eigenvalue weighted by Crippen LogP contribution is -2.21. The van der Waals surface area contributed by atoms with Crippen LogP contribution in [-0.2, 0) is 13.1 Å². The second-order valence-electron chi connectivity index (χ2n) is 6.04. The molecule has 0 amide bonds. The number of rotatable bonds is 3. The first-order valence-electron chi connectivity index (χ1n) is 8.11. The standard InChI is InChI=1S/C21H17NO3/c23-14-16-9-10-21-18(11-16)22(12-15-5-2-1-3-6-15)13-17-19(24)7-4-8-20(17)25-21/h1-11,14,24H,12-13H2. The van der Waals surface area contributed by atoms with E-state index in [1.807, 2.05) is 30.3 Å². The Morgan fingerprint density at radius 2 is 1.84 bits per heavy atom. The van der Waals surface area contributed by atoms with Crippen molar-refractivity contribution >= 4 is 12.0 Å². The van der Waals surface area contributed by atoms with Gasteiger partial charge in [-0.2, -0.15) is 0 Å². The molecule has 3 aromatic rings. The van der Waals surface area contributed by atoms with E-state index in [0.717, 1.165) is 23.1 Å². The fraction of sp³-hybridized carbons (Fsp3) is 0.0952. The van der Waals surface area contributed by atoms with Crippen LogP contribution in [0.25, 0.3) is 0 Å². The Morgan fingerprint density at radius 1 is 1.00 bits per heavy atom. The van der Waals surface area contributed by atoms with Crippen molar-refractivity contribution in [2.24, 2.45) is 0 Å². The van der Waals surface area contributed by atoms with Gasteiger partial charge in [0.05, 0.1) is 17.8 Å². The van der Waals surface area contributed by atoms with Crippen molar-refractivity contribution in [1.29, 1.82) is 0 Å². The molecule has 25 heavy (non-hydrogen) atoms. The van der Waals surface area contributed by atoms with Crippen molar-refractivity contribution in [1.82, 2.24) is 0 Å². The van der Waals surface area contributed by atoms with Gasteiger partial charge in [0.2, 0.25) is 0 Å². The van der Waals surface area contributed by atoms with Crippen LogP contribution in [0.5, 0.6) is 17.2 Å². The number of ether oxygens (including phenoxy) is 1. The Hall–Kier alpha value is -3.27. The Bertz CT molecular complexity index is 922. The summed E-state index contributed by atoms with van der Waals surface area (Å²) in [6, 6.07) is 20.7. The number of benzene rings is 3. The van der Waals surface area contributed by atoms with Crippen LogP contribution in [0.15, 0.2) is 66.7 Å². The van der Waals surface area contributed by atoms with Gasteiger partial charge in [0, 0.05) is 12.1 Å². The molecule has 4 rings (SSSR count). The highest BCUT2D eigenvalue weighted by Gasteiger charge is 2.23. The van der Waals surface area contributed by atoms with E-state index in [0.29, 0.717) is 30.2 Å². The van der Waals surface area contributed by atoms with E-state index in [4.69, 9.17) is 4.74 Å². The number of phenolic OH excluding ortho intramolecular Hbond substituents is 1. The Balaban J connectivity index is 1.83. The SMILES string of the molecule is O=Cc1ccc2c(c1)N(Cc1ccccc1)Cc1c(O)cccc1O2. The molecule has 124 valence electrons. The number of carbonyl (C=O) groups is 1. The third-order valence-electron chi connectivity index (χ3n) is 4.35. The van der Waals surface area contributed by atoms with E-state index in [9.17, 15) is 9.90 Å². The maximum absolute atomic E-state index is 11.2. The molecule has 1 aliphatic rings. The van der Waals surface area contributed by atoms with Crippen molar-refractivity contribution in [2.45, 2.75) is 13.1 Å². The van der Waals surface area contributed by atoms with Crippen LogP contribution in [0.1, 0.15) is 21.5 Å². The molecule has 0 saturated heterocycles. The second kappa shape index (κ2) is 6.32. The Kier molecular flexibility index (Phi) is 3.86. The van der Waals surface area contributed by atoms with E-state index in [-0.39, 0.29) is 5.75 Å². The van der Waals surface area contributed by atoms with E-state index < -0.39 is 0 Å². The molecule has 1 heterocycles. The normalized spacial score (nSPS) is 12.6. The summed E-state index contributed by atoms with van der Waals surface area (Å²) in [6.07, 6.45) is 0.830. The van der Waals surface area contributed by atoms with Crippen LogP contribution in [0.3, 0.4) is 0 Å². The van der Waals surface area contributed by atoms with Gasteiger partial charge >= 0.3 is 0 Å². The number of fused-ring (bicyclic) bond motifs is 2. The minimum atomic E-state index is 0.207. The molecule has 0 bridgehead atoms. The molecule has 0 fully saturated rings. The lowest BCUT2D eigenvalue weighted by molar-refractivity contribution is 0.112. The average Bonchev–Trinajstić information content (AvgIpc) is 2.80. The number of anilines is 1. The largest absolute Gasteiger partial charge is 0.507 e. The molecule has 0 spiro atoms. The average molecular weight is 331 g/mol. The summed E-state index contributed by atoms with van der Waals surface area (Å²) in [5, 5.41) is 10.3. The van der Waals surface area contributed by atoms with Crippen LogP contribution < -0.4 is 9.64 Å². The van der Waals surface area contributed by atoms with E-state index in [1.54, 1.807) is 24.3 Å². The topological polar surface area (TPSA) is 49.8 Å². The molecule has 4 heteroatoms. The molecule has 0 radical (unpaired) electrons. The van der Waals surface area contributed by atoms with Gasteiger partial charge in [-0.25, -0.2) is 0 Å². The molecule has 3 aromatic carbocycles. The first-order chi connectivity index (χ1) is 12.2. The Labute approximate surface area is 145 Å². The number of nitrogens with zero attached hydrogens (tertiary/aromatic N) is 1. The maximum Gasteiger partial charge on any atom is 0.150 e. The van der Waals surface area contributed by atoms with Gasteiger partial charge in [-0.1, -0.05) is 36.4 Å². The summed E-state index contributed by atoms with van der Waals surface area (Å²) >= 11 is 0. The number of hydrogen-bond donors (Lipinski definition) is 1. The number of aldehydes is 1. The summed E-state index contributed by atoms with van der Waals surface area (Å²) in [7, 11) is 0. The second-order valence-corrected chi connectivity index (χ2v) is 6.04. The van der Waals surface area contributed by atoms with Crippen LogP contribution in [0, 0.1) is 0 Å². The van der Waals surface area contributed by atoms with Gasteiger partial charge < -0.3 is 14.7 Å². The molecular weight excluding hydrogens is 314 g/mol. The quantitative estimate of drug-likeness (QED) is 0.717. The van der Waals surface area contributed by atoms with Crippen molar-refractivity contribution in [3.63, 3.8) is 0 Å². The molecule has 1 N–H and O–H groups in total. The summed E-state index contributed by atoms with van der Waals surface area (Å²) in [4.78, 5) is 13.3. The van der Waals surface area contributed by atoms with Crippen molar-refractivity contribution in [3.8, 4) is 17.2 Å². The van der Waals surface area contributed by atoms with Crippen LogP contribution in [0.2, 0.25) is 0 Å². The van der Waals surface area contributed by atoms with Gasteiger partial charge in [-0.05, 0) is 35.9 Å². The smallest absolute Gasteiger partial charge is 0.150 e. The lowest BCUT2D eigenvalue weighted by Gasteiger charge is -2.24. The molecule has 0 atom stereocenters. The molecule has 1 aliphatic heterocycles. The fourth-order valence-corrected chi connectivity index (χ4v) is 3.09. The van der Waals surface area contributed by atoms with Crippen molar-refractivity contribution < 1.29 is 14.6 Å². The van der Waals surface area contributed by atoms with Gasteiger partial charge in [0.15, 0.2) is 5.75 Å². The molecule has 0 unspecified atom stereocenters. The van der Waals surface area contributed by atoms with E-state index in [1.165, 1.54) is 0 Å². The summed E-state index contributed by atoms with van der Waals surface area (Å²) in [6.45, 7) is 1.14. The fourth-order valence-electron chi connectivity index (χ4n) is 3.09. The zero-order valence-corrected chi connectivity index (χ0v) is 13.6. The number of carbonyl (C=O) groups excluding carboxylic acids is 1. The predicted molar refractivity (Wildman–Crippen MR) is 96.3 cm³/mol. The zero-order chi connectivity index (χ0) is 17.2. The predicted octanol–water partition coefficient (Wildman–Crippen LogP) is 4.52. The monoisotopic (exact) mass is 331 g/mol. The van der Waals surface area contributed by atoms with Gasteiger partial charge in [0.1, 0.15) is 17.8 Å². The first kappa shape index (κ1) is 15.3.